The van der Waals surface area contributed by atoms with Gasteiger partial charge >= 0.3 is 0 Å². The normalized spacial score (nSPS) is 16.4. The van der Waals surface area contributed by atoms with E-state index in [0.29, 0.717) is 18.1 Å². The van der Waals surface area contributed by atoms with Crippen LogP contribution in [0.2, 0.25) is 0 Å². The molecule has 0 fully saturated rings. The minimum atomic E-state index is -0.327. The van der Waals surface area contributed by atoms with Crippen LogP contribution in [0, 0.1) is 11.2 Å². The van der Waals surface area contributed by atoms with Gasteiger partial charge in [0.25, 0.3) is 0 Å². The molecule has 0 saturated carbocycles. The highest BCUT2D eigenvalue weighted by Crippen LogP contribution is 2.34. The average molecular weight is 252 g/mol. The number of thioether (sulfide) groups is 1. The summed E-state index contributed by atoms with van der Waals surface area (Å²) in [6, 6.07) is 4.92. The van der Waals surface area contributed by atoms with Gasteiger partial charge in [-0.3, -0.25) is 5.41 Å². The molecule has 17 heavy (non-hydrogen) atoms. The predicted molar refractivity (Wildman–Crippen MR) is 68.9 cm³/mol. The largest absolute Gasteiger partial charge is 0.490 e. The Bertz CT molecular complexity index is 474. The smallest absolute Gasteiger partial charge is 0.165 e. The SMILES string of the molecule is N=C(N)SCC=C1CCOc2c(F)cccc21. The third-order valence-corrected chi connectivity index (χ3v) is 3.14. The maximum absolute atomic E-state index is 13.5. The summed E-state index contributed by atoms with van der Waals surface area (Å²) in [6.07, 6.45) is 2.74. The molecule has 1 heterocycles. The molecule has 3 nitrogen and oxygen atoms in total. The number of ether oxygens (including phenoxy) is 1. The molecule has 1 aliphatic rings. The monoisotopic (exact) mass is 252 g/mol. The van der Waals surface area contributed by atoms with E-state index in [2.05, 4.69) is 0 Å². The number of fused-ring (bicyclic) bond motifs is 1. The van der Waals surface area contributed by atoms with Crippen molar-refractivity contribution in [2.24, 2.45) is 5.73 Å². The van der Waals surface area contributed by atoms with Crippen molar-refractivity contribution in [3.8, 4) is 5.75 Å². The van der Waals surface area contributed by atoms with Gasteiger partial charge < -0.3 is 10.5 Å². The van der Waals surface area contributed by atoms with Crippen LogP contribution in [0.5, 0.6) is 5.75 Å². The highest BCUT2D eigenvalue weighted by Gasteiger charge is 2.18. The van der Waals surface area contributed by atoms with Gasteiger partial charge in [-0.25, -0.2) is 4.39 Å². The lowest BCUT2D eigenvalue weighted by Gasteiger charge is -2.20. The van der Waals surface area contributed by atoms with Gasteiger partial charge in [-0.1, -0.05) is 30.0 Å². The third kappa shape index (κ3) is 2.79. The highest BCUT2D eigenvalue weighted by atomic mass is 32.2. The molecule has 0 radical (unpaired) electrons. The molecule has 0 spiro atoms. The maximum atomic E-state index is 13.5. The van der Waals surface area contributed by atoms with E-state index >= 15 is 0 Å². The number of hydrogen-bond acceptors (Lipinski definition) is 3. The number of hydrogen-bond donors (Lipinski definition) is 2. The van der Waals surface area contributed by atoms with Crippen LogP contribution in [0.25, 0.3) is 5.57 Å². The second-order valence-electron chi connectivity index (χ2n) is 3.62. The number of halogens is 1. The fourth-order valence-corrected chi connectivity index (χ4v) is 2.21. The molecule has 3 N–H and O–H groups in total. The molecule has 0 bridgehead atoms. The van der Waals surface area contributed by atoms with Gasteiger partial charge in [-0.05, 0) is 11.6 Å². The van der Waals surface area contributed by atoms with Crippen LogP contribution in [-0.2, 0) is 0 Å². The maximum Gasteiger partial charge on any atom is 0.165 e. The molecule has 0 saturated heterocycles. The highest BCUT2D eigenvalue weighted by molar-refractivity contribution is 8.13. The van der Waals surface area contributed by atoms with Crippen molar-refractivity contribution in [1.82, 2.24) is 0 Å². The lowest BCUT2D eigenvalue weighted by atomic mass is 9.99. The number of amidine groups is 1. The molecule has 0 unspecified atom stereocenters. The van der Waals surface area contributed by atoms with E-state index in [4.69, 9.17) is 15.9 Å². The summed E-state index contributed by atoms with van der Waals surface area (Å²) in [6.45, 7) is 0.491. The summed E-state index contributed by atoms with van der Waals surface area (Å²) in [5.41, 5.74) is 7.12. The van der Waals surface area contributed by atoms with E-state index in [0.717, 1.165) is 17.6 Å². The quantitative estimate of drug-likeness (QED) is 0.628. The van der Waals surface area contributed by atoms with Crippen molar-refractivity contribution in [2.75, 3.05) is 12.4 Å². The molecule has 0 aliphatic carbocycles. The zero-order chi connectivity index (χ0) is 12.3. The van der Waals surface area contributed by atoms with E-state index in [-0.39, 0.29) is 11.0 Å². The number of rotatable bonds is 2. The molecule has 1 aliphatic heterocycles. The number of benzene rings is 1. The van der Waals surface area contributed by atoms with Crippen molar-refractivity contribution in [3.05, 3.63) is 35.7 Å². The van der Waals surface area contributed by atoms with E-state index in [1.165, 1.54) is 17.8 Å². The zero-order valence-electron chi connectivity index (χ0n) is 9.20. The van der Waals surface area contributed by atoms with Gasteiger partial charge in [0.1, 0.15) is 0 Å². The summed E-state index contributed by atoms with van der Waals surface area (Å²) in [7, 11) is 0. The van der Waals surface area contributed by atoms with Gasteiger partial charge in [0.2, 0.25) is 0 Å². The van der Waals surface area contributed by atoms with E-state index in [1.54, 1.807) is 6.07 Å². The minimum Gasteiger partial charge on any atom is -0.490 e. The fraction of sp³-hybridized carbons (Fsp3) is 0.250. The van der Waals surface area contributed by atoms with Gasteiger partial charge in [0, 0.05) is 17.7 Å². The second kappa shape index (κ2) is 5.23. The fourth-order valence-electron chi connectivity index (χ4n) is 1.75. The Hall–Kier alpha value is -1.49. The first-order valence-corrected chi connectivity index (χ1v) is 6.24. The zero-order valence-corrected chi connectivity index (χ0v) is 10.0. The van der Waals surface area contributed by atoms with Crippen LogP contribution in [0.1, 0.15) is 12.0 Å². The van der Waals surface area contributed by atoms with E-state index in [9.17, 15) is 4.39 Å². The first-order chi connectivity index (χ1) is 8.18. The number of para-hydroxylation sites is 1. The van der Waals surface area contributed by atoms with Crippen LogP contribution in [-0.4, -0.2) is 17.5 Å². The Labute approximate surface area is 103 Å². The lowest BCUT2D eigenvalue weighted by Crippen LogP contribution is -2.10. The van der Waals surface area contributed by atoms with Crippen molar-refractivity contribution >= 4 is 22.5 Å². The molecule has 0 aromatic heterocycles. The summed E-state index contributed by atoms with van der Waals surface area (Å²) in [4.78, 5) is 0. The molecule has 5 heteroatoms. The Morgan fingerprint density at radius 3 is 3.18 bits per heavy atom. The number of nitrogens with two attached hydrogens (primary N) is 1. The van der Waals surface area contributed by atoms with Crippen molar-refractivity contribution in [1.29, 1.82) is 5.41 Å². The molecule has 1 aromatic rings. The Balaban J connectivity index is 2.22. The van der Waals surface area contributed by atoms with Gasteiger partial charge in [0.15, 0.2) is 16.7 Å². The van der Waals surface area contributed by atoms with Gasteiger partial charge in [-0.2, -0.15) is 0 Å². The van der Waals surface area contributed by atoms with Gasteiger partial charge in [-0.15, -0.1) is 0 Å². The average Bonchev–Trinajstić information content (AvgIpc) is 2.30. The first-order valence-electron chi connectivity index (χ1n) is 5.26. The lowest BCUT2D eigenvalue weighted by molar-refractivity contribution is 0.299. The molecule has 2 rings (SSSR count). The van der Waals surface area contributed by atoms with Crippen LogP contribution < -0.4 is 10.5 Å². The summed E-state index contributed by atoms with van der Waals surface area (Å²) >= 11 is 1.25. The predicted octanol–water partition coefficient (Wildman–Crippen LogP) is 2.62. The summed E-state index contributed by atoms with van der Waals surface area (Å²) in [5, 5.41) is 7.21. The van der Waals surface area contributed by atoms with Crippen LogP contribution in [0.3, 0.4) is 0 Å². The first kappa shape index (κ1) is 12.0. The molecule has 0 amide bonds. The Kier molecular flexibility index (Phi) is 3.68. The molecular weight excluding hydrogens is 239 g/mol. The Morgan fingerprint density at radius 2 is 2.41 bits per heavy atom. The minimum absolute atomic E-state index is 0.0911. The van der Waals surface area contributed by atoms with E-state index in [1.807, 2.05) is 12.1 Å². The van der Waals surface area contributed by atoms with Crippen molar-refractivity contribution in [2.45, 2.75) is 6.42 Å². The molecular formula is C12H13FN2OS. The van der Waals surface area contributed by atoms with E-state index < -0.39 is 0 Å². The molecule has 0 atom stereocenters. The van der Waals surface area contributed by atoms with Gasteiger partial charge in [0.05, 0.1) is 6.61 Å². The van der Waals surface area contributed by atoms with Crippen LogP contribution in [0.15, 0.2) is 24.3 Å². The van der Waals surface area contributed by atoms with Crippen LogP contribution in [0.4, 0.5) is 4.39 Å². The summed E-state index contributed by atoms with van der Waals surface area (Å²) < 4.78 is 18.8. The third-order valence-electron chi connectivity index (χ3n) is 2.50. The van der Waals surface area contributed by atoms with Crippen molar-refractivity contribution in [3.63, 3.8) is 0 Å². The summed E-state index contributed by atoms with van der Waals surface area (Å²) in [5.74, 6) is 0.630. The second-order valence-corrected chi connectivity index (χ2v) is 4.68. The topological polar surface area (TPSA) is 59.1 Å². The standard InChI is InChI=1S/C12H13FN2OS/c13-10-3-1-2-9-8(4-6-16-11(9)10)5-7-17-12(14)15/h1-3,5H,4,6-7H2,(H3,14,15). The van der Waals surface area contributed by atoms with Crippen LogP contribution >= 0.6 is 11.8 Å². The molecule has 90 valence electrons. The van der Waals surface area contributed by atoms with Crippen molar-refractivity contribution < 1.29 is 9.13 Å². The molecule has 1 aromatic carbocycles. The number of nitrogens with one attached hydrogen (secondary N) is 1. The Morgan fingerprint density at radius 1 is 1.59 bits per heavy atom.